The molecular formula is C20H25NO2S. The van der Waals surface area contributed by atoms with Crippen LogP contribution in [0.4, 0.5) is 0 Å². The molecular weight excluding hydrogens is 318 g/mol. The van der Waals surface area contributed by atoms with Crippen LogP contribution in [0.3, 0.4) is 0 Å². The average Bonchev–Trinajstić information content (AvgIpc) is 3.14. The number of amides is 1. The first-order valence-electron chi connectivity index (χ1n) is 8.52. The van der Waals surface area contributed by atoms with Crippen molar-refractivity contribution in [3.05, 3.63) is 50.7 Å². The Morgan fingerprint density at radius 2 is 2.00 bits per heavy atom. The second-order valence-electron chi connectivity index (χ2n) is 6.85. The number of aryl methyl sites for hydroxylation is 1. The van der Waals surface area contributed by atoms with Crippen molar-refractivity contribution in [2.45, 2.75) is 40.2 Å². The third-order valence-electron chi connectivity index (χ3n) is 5.03. The van der Waals surface area contributed by atoms with Crippen molar-refractivity contribution in [3.8, 4) is 5.75 Å². The number of carbonyl (C=O) groups is 1. The SMILES string of the molecule is COc1ccccc1CNC(=O)c1sc(C)c2c1C[C@@H](C(C)C)C2. The van der Waals surface area contributed by atoms with E-state index in [1.165, 1.54) is 16.0 Å². The number of rotatable bonds is 5. The van der Waals surface area contributed by atoms with Crippen molar-refractivity contribution in [1.82, 2.24) is 5.32 Å². The van der Waals surface area contributed by atoms with Crippen LogP contribution in [0.2, 0.25) is 0 Å². The molecule has 1 amide bonds. The normalized spacial score (nSPS) is 16.3. The van der Waals surface area contributed by atoms with Gasteiger partial charge in [-0.15, -0.1) is 11.3 Å². The maximum Gasteiger partial charge on any atom is 0.261 e. The molecule has 1 aromatic carbocycles. The molecule has 0 spiro atoms. The second-order valence-corrected chi connectivity index (χ2v) is 8.08. The smallest absolute Gasteiger partial charge is 0.261 e. The van der Waals surface area contributed by atoms with Crippen molar-refractivity contribution in [3.63, 3.8) is 0 Å². The van der Waals surface area contributed by atoms with Crippen LogP contribution >= 0.6 is 11.3 Å². The summed E-state index contributed by atoms with van der Waals surface area (Å²) in [5.74, 6) is 2.18. The quantitative estimate of drug-likeness (QED) is 0.876. The molecule has 128 valence electrons. The molecule has 1 atom stereocenters. The van der Waals surface area contributed by atoms with E-state index in [1.807, 2.05) is 24.3 Å². The molecule has 2 aromatic rings. The average molecular weight is 343 g/mol. The fourth-order valence-electron chi connectivity index (χ4n) is 3.46. The number of nitrogens with one attached hydrogen (secondary N) is 1. The summed E-state index contributed by atoms with van der Waals surface area (Å²) in [5.41, 5.74) is 3.70. The van der Waals surface area contributed by atoms with Crippen molar-refractivity contribution in [2.75, 3.05) is 7.11 Å². The Bertz CT molecular complexity index is 748. The first-order chi connectivity index (χ1) is 11.5. The number of thiophene rings is 1. The van der Waals surface area contributed by atoms with E-state index in [2.05, 4.69) is 26.1 Å². The Morgan fingerprint density at radius 1 is 1.29 bits per heavy atom. The summed E-state index contributed by atoms with van der Waals surface area (Å²) in [4.78, 5) is 14.9. The van der Waals surface area contributed by atoms with E-state index in [0.29, 0.717) is 18.4 Å². The standard InChI is InChI=1S/C20H25NO2S/c1-12(2)15-9-16-13(3)24-19(17(16)10-15)20(22)21-11-14-7-5-6-8-18(14)23-4/h5-8,12,15H,9-11H2,1-4H3,(H,21,22)/t15-/m0/s1. The fourth-order valence-corrected chi connectivity index (χ4v) is 4.60. The topological polar surface area (TPSA) is 38.3 Å². The van der Waals surface area contributed by atoms with Gasteiger partial charge >= 0.3 is 0 Å². The van der Waals surface area contributed by atoms with Gasteiger partial charge in [-0.2, -0.15) is 0 Å². The second kappa shape index (κ2) is 6.98. The number of hydrogen-bond donors (Lipinski definition) is 1. The molecule has 0 unspecified atom stereocenters. The number of methoxy groups -OCH3 is 1. The summed E-state index contributed by atoms with van der Waals surface area (Å²) < 4.78 is 5.35. The largest absolute Gasteiger partial charge is 0.496 e. The summed E-state index contributed by atoms with van der Waals surface area (Å²) >= 11 is 1.64. The molecule has 1 aliphatic rings. The van der Waals surface area contributed by atoms with Gasteiger partial charge in [0.1, 0.15) is 5.75 Å². The highest BCUT2D eigenvalue weighted by molar-refractivity contribution is 7.14. The molecule has 0 bridgehead atoms. The monoisotopic (exact) mass is 343 g/mol. The fraction of sp³-hybridized carbons (Fsp3) is 0.450. The van der Waals surface area contributed by atoms with Gasteiger partial charge in [-0.05, 0) is 48.8 Å². The zero-order valence-corrected chi connectivity index (χ0v) is 15.6. The third kappa shape index (κ3) is 3.20. The van der Waals surface area contributed by atoms with E-state index in [-0.39, 0.29) is 5.91 Å². The van der Waals surface area contributed by atoms with Gasteiger partial charge in [0.2, 0.25) is 0 Å². The molecule has 24 heavy (non-hydrogen) atoms. The molecule has 0 saturated heterocycles. The number of ether oxygens (including phenoxy) is 1. The van der Waals surface area contributed by atoms with Gasteiger partial charge in [0.25, 0.3) is 5.91 Å². The summed E-state index contributed by atoms with van der Waals surface area (Å²) in [5, 5.41) is 3.07. The summed E-state index contributed by atoms with van der Waals surface area (Å²) in [6.45, 7) is 7.18. The molecule has 1 heterocycles. The van der Waals surface area contributed by atoms with E-state index >= 15 is 0 Å². The summed E-state index contributed by atoms with van der Waals surface area (Å²) in [7, 11) is 1.65. The zero-order valence-electron chi connectivity index (χ0n) is 14.8. The van der Waals surface area contributed by atoms with Gasteiger partial charge in [0, 0.05) is 17.0 Å². The number of carbonyl (C=O) groups excluding carboxylic acids is 1. The lowest BCUT2D eigenvalue weighted by atomic mass is 9.93. The van der Waals surface area contributed by atoms with Gasteiger partial charge < -0.3 is 10.1 Å². The van der Waals surface area contributed by atoms with Gasteiger partial charge in [-0.3, -0.25) is 4.79 Å². The minimum atomic E-state index is 0.0414. The Kier molecular flexibility index (Phi) is 4.95. The van der Waals surface area contributed by atoms with Crippen molar-refractivity contribution in [2.24, 2.45) is 11.8 Å². The molecule has 0 aliphatic heterocycles. The summed E-state index contributed by atoms with van der Waals surface area (Å²) in [6, 6.07) is 7.80. The lowest BCUT2D eigenvalue weighted by molar-refractivity contribution is 0.0954. The number of benzene rings is 1. The Hall–Kier alpha value is -1.81. The molecule has 4 heteroatoms. The van der Waals surface area contributed by atoms with Crippen LogP contribution in [0.25, 0.3) is 0 Å². The minimum Gasteiger partial charge on any atom is -0.496 e. The Morgan fingerprint density at radius 3 is 2.71 bits per heavy atom. The third-order valence-corrected chi connectivity index (χ3v) is 6.22. The highest BCUT2D eigenvalue weighted by Gasteiger charge is 2.31. The van der Waals surface area contributed by atoms with Crippen molar-refractivity contribution in [1.29, 1.82) is 0 Å². The molecule has 1 N–H and O–H groups in total. The molecule has 0 radical (unpaired) electrons. The van der Waals surface area contributed by atoms with Gasteiger partial charge in [-0.25, -0.2) is 0 Å². The lowest BCUT2D eigenvalue weighted by Crippen LogP contribution is -2.23. The predicted octanol–water partition coefficient (Wildman–Crippen LogP) is 4.37. The molecule has 1 aromatic heterocycles. The van der Waals surface area contributed by atoms with Crippen LogP contribution in [0.5, 0.6) is 5.75 Å². The van der Waals surface area contributed by atoms with Gasteiger partial charge in [0.15, 0.2) is 0 Å². The first-order valence-corrected chi connectivity index (χ1v) is 9.34. The van der Waals surface area contributed by atoms with Gasteiger partial charge in [0.05, 0.1) is 12.0 Å². The van der Waals surface area contributed by atoms with Crippen LogP contribution in [0, 0.1) is 18.8 Å². The van der Waals surface area contributed by atoms with Gasteiger partial charge in [-0.1, -0.05) is 32.0 Å². The Balaban J connectivity index is 1.74. The summed E-state index contributed by atoms with van der Waals surface area (Å²) in [6.07, 6.45) is 2.16. The zero-order chi connectivity index (χ0) is 17.3. The number of hydrogen-bond acceptors (Lipinski definition) is 3. The molecule has 3 nitrogen and oxygen atoms in total. The van der Waals surface area contributed by atoms with Crippen LogP contribution in [0.1, 0.15) is 45.1 Å². The lowest BCUT2D eigenvalue weighted by Gasteiger charge is -2.14. The molecule has 3 rings (SSSR count). The highest BCUT2D eigenvalue weighted by Crippen LogP contribution is 2.40. The van der Waals surface area contributed by atoms with E-state index in [9.17, 15) is 4.79 Å². The van der Waals surface area contributed by atoms with Crippen LogP contribution < -0.4 is 10.1 Å². The molecule has 0 fully saturated rings. The van der Waals surface area contributed by atoms with Crippen molar-refractivity contribution >= 4 is 17.2 Å². The molecule has 0 saturated carbocycles. The first kappa shape index (κ1) is 17.0. The maximum absolute atomic E-state index is 12.7. The highest BCUT2D eigenvalue weighted by atomic mass is 32.1. The van der Waals surface area contributed by atoms with Crippen LogP contribution in [-0.4, -0.2) is 13.0 Å². The molecule has 1 aliphatic carbocycles. The van der Waals surface area contributed by atoms with E-state index in [1.54, 1.807) is 18.4 Å². The van der Waals surface area contributed by atoms with E-state index in [4.69, 9.17) is 4.74 Å². The van der Waals surface area contributed by atoms with Crippen molar-refractivity contribution < 1.29 is 9.53 Å². The van der Waals surface area contributed by atoms with Crippen LogP contribution in [-0.2, 0) is 19.4 Å². The number of para-hydroxylation sites is 1. The van der Waals surface area contributed by atoms with E-state index in [0.717, 1.165) is 29.0 Å². The number of fused-ring (bicyclic) bond motifs is 1. The Labute approximate surface area is 148 Å². The predicted molar refractivity (Wildman–Crippen MR) is 99.0 cm³/mol. The van der Waals surface area contributed by atoms with E-state index < -0.39 is 0 Å². The van der Waals surface area contributed by atoms with Crippen LogP contribution in [0.15, 0.2) is 24.3 Å². The minimum absolute atomic E-state index is 0.0414. The maximum atomic E-state index is 12.7.